The minimum atomic E-state index is -0.811. The van der Waals surface area contributed by atoms with Crippen molar-refractivity contribution in [2.24, 2.45) is 5.41 Å². The lowest BCUT2D eigenvalue weighted by Crippen LogP contribution is -2.48. The number of amides is 1. The van der Waals surface area contributed by atoms with Crippen LogP contribution in [0.15, 0.2) is 42.5 Å². The molecule has 4 nitrogen and oxygen atoms in total. The second-order valence-electron chi connectivity index (χ2n) is 6.97. The van der Waals surface area contributed by atoms with Crippen LogP contribution in [0.2, 0.25) is 0 Å². The molecule has 0 spiro atoms. The summed E-state index contributed by atoms with van der Waals surface area (Å²) in [5, 5.41) is 11.7. The maximum Gasteiger partial charge on any atom is 0.311 e. The number of hydrogen-bond acceptors (Lipinski definition) is 2. The molecule has 1 aliphatic heterocycles. The Hall–Kier alpha value is -2.36. The molecule has 1 amide bonds. The number of carbonyl (C=O) groups is 2. The highest BCUT2D eigenvalue weighted by Crippen LogP contribution is 2.30. The number of rotatable bonds is 4. The predicted octanol–water partition coefficient (Wildman–Crippen LogP) is 3.49. The molecule has 2 aromatic rings. The van der Waals surface area contributed by atoms with E-state index in [9.17, 15) is 14.7 Å². The second kappa shape index (κ2) is 6.63. The lowest BCUT2D eigenvalue weighted by Gasteiger charge is -2.37. The fourth-order valence-corrected chi connectivity index (χ4v) is 3.43. The van der Waals surface area contributed by atoms with E-state index in [-0.39, 0.29) is 5.91 Å². The summed E-state index contributed by atoms with van der Waals surface area (Å²) >= 11 is 0. The summed E-state index contributed by atoms with van der Waals surface area (Å²) in [6, 6.07) is 14.4. The van der Waals surface area contributed by atoms with E-state index in [2.05, 4.69) is 30.3 Å². The molecule has 0 aliphatic carbocycles. The number of carboxylic acids is 1. The van der Waals surface area contributed by atoms with Gasteiger partial charge in [0.25, 0.3) is 0 Å². The number of aryl methyl sites for hydroxylation is 1. The lowest BCUT2D eigenvalue weighted by molar-refractivity contribution is -0.153. The van der Waals surface area contributed by atoms with Crippen molar-refractivity contribution < 1.29 is 14.7 Å². The van der Waals surface area contributed by atoms with E-state index in [1.807, 2.05) is 12.1 Å². The van der Waals surface area contributed by atoms with Crippen molar-refractivity contribution in [1.29, 1.82) is 0 Å². The Bertz CT molecular complexity index is 770. The second-order valence-corrected chi connectivity index (χ2v) is 6.97. The highest BCUT2D eigenvalue weighted by molar-refractivity contribution is 5.83. The molecule has 0 bridgehead atoms. The number of nitrogens with zero attached hydrogens (tertiary/aromatic N) is 1. The van der Waals surface area contributed by atoms with Crippen LogP contribution >= 0.6 is 0 Å². The zero-order valence-corrected chi connectivity index (χ0v) is 14.0. The molecule has 0 saturated carbocycles. The van der Waals surface area contributed by atoms with Crippen LogP contribution in [0.25, 0.3) is 10.8 Å². The first kappa shape index (κ1) is 16.5. The number of fused-ring (bicyclic) bond motifs is 1. The fraction of sp³-hybridized carbons (Fsp3) is 0.400. The zero-order valence-electron chi connectivity index (χ0n) is 14.0. The Morgan fingerprint density at radius 1 is 1.17 bits per heavy atom. The Morgan fingerprint density at radius 2 is 1.92 bits per heavy atom. The highest BCUT2D eigenvalue weighted by Gasteiger charge is 2.39. The van der Waals surface area contributed by atoms with Crippen LogP contribution in [-0.2, 0) is 16.0 Å². The summed E-state index contributed by atoms with van der Waals surface area (Å²) < 4.78 is 0. The Kier molecular flexibility index (Phi) is 4.56. The number of piperidine rings is 1. The van der Waals surface area contributed by atoms with Crippen molar-refractivity contribution in [3.63, 3.8) is 0 Å². The van der Waals surface area contributed by atoms with Crippen molar-refractivity contribution in [2.75, 3.05) is 13.1 Å². The van der Waals surface area contributed by atoms with Gasteiger partial charge < -0.3 is 10.0 Å². The SMILES string of the molecule is CC1(C(=O)O)CCCN(C(=O)CCc2ccc3ccccc3c2)C1. The normalized spacial score (nSPS) is 21.0. The summed E-state index contributed by atoms with van der Waals surface area (Å²) in [6.45, 7) is 2.72. The number of hydrogen-bond donors (Lipinski definition) is 1. The Balaban J connectivity index is 1.63. The molecule has 0 radical (unpaired) electrons. The average molecular weight is 325 g/mol. The molecule has 4 heteroatoms. The van der Waals surface area contributed by atoms with Crippen LogP contribution in [0, 0.1) is 5.41 Å². The van der Waals surface area contributed by atoms with Crippen LogP contribution < -0.4 is 0 Å². The van der Waals surface area contributed by atoms with Gasteiger partial charge in [0, 0.05) is 19.5 Å². The van der Waals surface area contributed by atoms with Crippen molar-refractivity contribution in [2.45, 2.75) is 32.6 Å². The number of likely N-dealkylation sites (tertiary alicyclic amines) is 1. The van der Waals surface area contributed by atoms with E-state index < -0.39 is 11.4 Å². The van der Waals surface area contributed by atoms with Crippen LogP contribution in [0.5, 0.6) is 0 Å². The summed E-state index contributed by atoms with van der Waals surface area (Å²) in [5.41, 5.74) is 0.330. The van der Waals surface area contributed by atoms with Gasteiger partial charge >= 0.3 is 5.97 Å². The summed E-state index contributed by atoms with van der Waals surface area (Å²) in [7, 11) is 0. The van der Waals surface area contributed by atoms with E-state index in [1.54, 1.807) is 11.8 Å². The van der Waals surface area contributed by atoms with Gasteiger partial charge in [0.05, 0.1) is 5.41 Å². The first-order valence-electron chi connectivity index (χ1n) is 8.47. The van der Waals surface area contributed by atoms with Crippen LogP contribution in [0.4, 0.5) is 0 Å². The Morgan fingerprint density at radius 3 is 2.67 bits per heavy atom. The average Bonchev–Trinajstić information content (AvgIpc) is 2.59. The number of carboxylic acid groups (broad SMARTS) is 1. The van der Waals surface area contributed by atoms with Gasteiger partial charge in [0.1, 0.15) is 0 Å². The van der Waals surface area contributed by atoms with Crippen LogP contribution in [-0.4, -0.2) is 35.0 Å². The van der Waals surface area contributed by atoms with Crippen molar-refractivity contribution in [3.05, 3.63) is 48.0 Å². The smallest absolute Gasteiger partial charge is 0.311 e. The third-order valence-corrected chi connectivity index (χ3v) is 5.01. The first-order chi connectivity index (χ1) is 11.5. The van der Waals surface area contributed by atoms with E-state index in [1.165, 1.54) is 10.8 Å². The minimum Gasteiger partial charge on any atom is -0.481 e. The van der Waals surface area contributed by atoms with Gasteiger partial charge in [-0.25, -0.2) is 0 Å². The highest BCUT2D eigenvalue weighted by atomic mass is 16.4. The van der Waals surface area contributed by atoms with Crippen LogP contribution in [0.1, 0.15) is 31.7 Å². The molecule has 3 rings (SSSR count). The standard InChI is InChI=1S/C20H23NO3/c1-20(19(23)24)11-4-12-21(14-20)18(22)10-8-15-7-9-16-5-2-3-6-17(16)13-15/h2-3,5-7,9,13H,4,8,10-12,14H2,1H3,(H,23,24). The third kappa shape index (κ3) is 3.42. The predicted molar refractivity (Wildman–Crippen MR) is 93.8 cm³/mol. The molecular weight excluding hydrogens is 302 g/mol. The van der Waals surface area contributed by atoms with Gasteiger partial charge in [-0.2, -0.15) is 0 Å². The zero-order chi connectivity index (χ0) is 17.2. The number of carbonyl (C=O) groups excluding carboxylic acids is 1. The van der Waals surface area contributed by atoms with Crippen molar-refractivity contribution >= 4 is 22.6 Å². The molecule has 1 heterocycles. The molecule has 1 atom stereocenters. The molecular formula is C20H23NO3. The van der Waals surface area contributed by atoms with Gasteiger partial charge in [-0.15, -0.1) is 0 Å². The molecule has 2 aromatic carbocycles. The van der Waals surface area contributed by atoms with E-state index >= 15 is 0 Å². The number of aliphatic carboxylic acids is 1. The molecule has 1 unspecified atom stereocenters. The maximum absolute atomic E-state index is 12.5. The molecule has 1 fully saturated rings. The summed E-state index contributed by atoms with van der Waals surface area (Å²) in [5.74, 6) is -0.759. The van der Waals surface area contributed by atoms with Gasteiger partial charge in [0.2, 0.25) is 5.91 Å². The molecule has 1 saturated heterocycles. The summed E-state index contributed by atoms with van der Waals surface area (Å²) in [4.78, 5) is 25.6. The monoisotopic (exact) mass is 325 g/mol. The molecule has 126 valence electrons. The van der Waals surface area contributed by atoms with Crippen LogP contribution in [0.3, 0.4) is 0 Å². The van der Waals surface area contributed by atoms with Gasteiger partial charge in [-0.1, -0.05) is 42.5 Å². The maximum atomic E-state index is 12.5. The van der Waals surface area contributed by atoms with Gasteiger partial charge in [-0.05, 0) is 42.5 Å². The fourth-order valence-electron chi connectivity index (χ4n) is 3.43. The largest absolute Gasteiger partial charge is 0.481 e. The molecule has 1 aliphatic rings. The third-order valence-electron chi connectivity index (χ3n) is 5.01. The Labute approximate surface area is 142 Å². The van der Waals surface area contributed by atoms with Crippen molar-refractivity contribution in [1.82, 2.24) is 4.90 Å². The molecule has 1 N–H and O–H groups in total. The molecule has 24 heavy (non-hydrogen) atoms. The topological polar surface area (TPSA) is 57.6 Å². The van der Waals surface area contributed by atoms with Gasteiger partial charge in [-0.3, -0.25) is 9.59 Å². The lowest BCUT2D eigenvalue weighted by atomic mass is 9.82. The quantitative estimate of drug-likeness (QED) is 0.936. The minimum absolute atomic E-state index is 0.0512. The van der Waals surface area contributed by atoms with E-state index in [0.29, 0.717) is 32.4 Å². The van der Waals surface area contributed by atoms with Gasteiger partial charge in [0.15, 0.2) is 0 Å². The molecule has 0 aromatic heterocycles. The number of benzene rings is 2. The summed E-state index contributed by atoms with van der Waals surface area (Å²) in [6.07, 6.45) is 2.50. The van der Waals surface area contributed by atoms with Crippen molar-refractivity contribution in [3.8, 4) is 0 Å². The van der Waals surface area contributed by atoms with E-state index in [0.717, 1.165) is 12.0 Å². The first-order valence-corrected chi connectivity index (χ1v) is 8.47. The van der Waals surface area contributed by atoms with E-state index in [4.69, 9.17) is 0 Å².